The first-order valence-electron chi connectivity index (χ1n) is 28.5. The van der Waals surface area contributed by atoms with E-state index in [1.54, 1.807) is 0 Å². The van der Waals surface area contributed by atoms with Gasteiger partial charge >= 0.3 is 0 Å². The van der Waals surface area contributed by atoms with Crippen LogP contribution in [0.1, 0.15) is 0 Å². The summed E-state index contributed by atoms with van der Waals surface area (Å²) in [6.07, 6.45) is 0. The number of nitrogens with zero attached hydrogens (tertiary/aromatic N) is 9. The van der Waals surface area contributed by atoms with Gasteiger partial charge in [0.15, 0.2) is 0 Å². The Balaban J connectivity index is 0.997. The molecule has 0 aliphatic rings. The van der Waals surface area contributed by atoms with Gasteiger partial charge in [-0.1, -0.05) is 188 Å². The van der Waals surface area contributed by atoms with E-state index in [0.29, 0.717) is 17.8 Å². The minimum absolute atomic E-state index is 0.495. The zero-order valence-corrected chi connectivity index (χ0v) is 45.0. The highest BCUT2D eigenvalue weighted by molar-refractivity contribution is 6.28. The molecule has 0 saturated carbocycles. The molecule has 12 aromatic carbocycles. The standard InChI is InChI=1S/C75H45N9/c1-4-22-46(23-5-1)79-59-34-16-10-28-49(59)53-42-44-65-67(69(53)79)57-32-14-20-38-63(57)82(65)73-76-74(83-64-39-21-15-33-58(64)68-66(83)45-43-54-50-29-11-17-35-60(50)80(70(54)68)47-24-6-2-7-25-47)78-75(77-73)84-62-37-19-13-31-52(62)56-41-40-55-51-30-12-18-36-61(51)81(71(55)72(56)84)48-26-8-3-9-27-48/h1-45H. The maximum atomic E-state index is 5.86. The minimum Gasteiger partial charge on any atom is -0.309 e. The molecule has 0 fully saturated rings. The molecule has 0 amide bonds. The lowest BCUT2D eigenvalue weighted by Crippen LogP contribution is -2.13. The summed E-state index contributed by atoms with van der Waals surface area (Å²) in [6.45, 7) is 0. The lowest BCUT2D eigenvalue weighted by Gasteiger charge is -2.15. The van der Waals surface area contributed by atoms with Gasteiger partial charge in [0.2, 0.25) is 17.8 Å². The van der Waals surface area contributed by atoms with E-state index in [4.69, 9.17) is 15.0 Å². The topological polar surface area (TPSA) is 68.2 Å². The maximum absolute atomic E-state index is 5.86. The molecule has 7 heterocycles. The molecule has 0 unspecified atom stereocenters. The fourth-order valence-corrected chi connectivity index (χ4v) is 14.3. The number of fused-ring (bicyclic) bond motifs is 21. The van der Waals surface area contributed by atoms with Crippen molar-refractivity contribution >= 4 is 131 Å². The summed E-state index contributed by atoms with van der Waals surface area (Å²) in [5.74, 6) is 1.49. The Morgan fingerprint density at radius 3 is 0.786 bits per heavy atom. The van der Waals surface area contributed by atoms with Crippen molar-refractivity contribution in [3.05, 3.63) is 273 Å². The Morgan fingerprint density at radius 2 is 0.417 bits per heavy atom. The Bertz CT molecular complexity index is 5720. The van der Waals surface area contributed by atoms with Gasteiger partial charge in [-0.15, -0.1) is 0 Å². The quantitative estimate of drug-likeness (QED) is 0.167. The largest absolute Gasteiger partial charge is 0.309 e. The molecule has 0 bridgehead atoms. The van der Waals surface area contributed by atoms with Crippen molar-refractivity contribution < 1.29 is 0 Å². The zero-order chi connectivity index (χ0) is 54.7. The lowest BCUT2D eigenvalue weighted by atomic mass is 10.1. The first-order chi connectivity index (χ1) is 41.7. The predicted octanol–water partition coefficient (Wildman–Crippen LogP) is 18.5. The normalized spacial score (nSPS) is 12.3. The number of rotatable bonds is 6. The van der Waals surface area contributed by atoms with E-state index in [1.807, 2.05) is 0 Å². The second kappa shape index (κ2) is 17.0. The highest BCUT2D eigenvalue weighted by Gasteiger charge is 2.28. The van der Waals surface area contributed by atoms with Gasteiger partial charge < -0.3 is 13.7 Å². The molecule has 390 valence electrons. The van der Waals surface area contributed by atoms with Gasteiger partial charge in [0.05, 0.1) is 66.2 Å². The van der Waals surface area contributed by atoms with Gasteiger partial charge in [0, 0.05) is 81.7 Å². The van der Waals surface area contributed by atoms with E-state index in [2.05, 4.69) is 300 Å². The van der Waals surface area contributed by atoms with Crippen LogP contribution in [0.3, 0.4) is 0 Å². The van der Waals surface area contributed by atoms with Crippen molar-refractivity contribution in [2.24, 2.45) is 0 Å². The van der Waals surface area contributed by atoms with Crippen LogP contribution in [-0.4, -0.2) is 42.4 Å². The summed E-state index contributed by atoms with van der Waals surface area (Å²) in [5.41, 5.74) is 15.9. The van der Waals surface area contributed by atoms with Crippen LogP contribution < -0.4 is 0 Å². The summed E-state index contributed by atoms with van der Waals surface area (Å²) in [5, 5.41) is 13.7. The highest BCUT2D eigenvalue weighted by Crippen LogP contribution is 2.46. The van der Waals surface area contributed by atoms with Crippen LogP contribution in [0.5, 0.6) is 0 Å². The minimum atomic E-state index is 0.495. The first-order valence-corrected chi connectivity index (χ1v) is 28.5. The van der Waals surface area contributed by atoms with Crippen LogP contribution in [0.4, 0.5) is 0 Å². The van der Waals surface area contributed by atoms with Crippen LogP contribution in [0.15, 0.2) is 273 Å². The Kier molecular flexibility index (Phi) is 9.15. The third kappa shape index (κ3) is 6.03. The molecule has 19 rings (SSSR count). The molecule has 9 heteroatoms. The third-order valence-corrected chi connectivity index (χ3v) is 17.7. The maximum Gasteiger partial charge on any atom is 0.241 e. The average molecular weight is 1070 g/mol. The molecule has 0 radical (unpaired) electrons. The molecule has 0 aliphatic carbocycles. The number of hydrogen-bond acceptors (Lipinski definition) is 3. The molecule has 0 spiro atoms. The van der Waals surface area contributed by atoms with Crippen LogP contribution in [0.2, 0.25) is 0 Å². The molecule has 0 aliphatic heterocycles. The van der Waals surface area contributed by atoms with E-state index in [9.17, 15) is 0 Å². The van der Waals surface area contributed by atoms with Gasteiger partial charge in [-0.3, -0.25) is 13.7 Å². The zero-order valence-electron chi connectivity index (χ0n) is 45.0. The van der Waals surface area contributed by atoms with E-state index < -0.39 is 0 Å². The molecule has 84 heavy (non-hydrogen) atoms. The van der Waals surface area contributed by atoms with E-state index in [-0.39, 0.29) is 0 Å². The van der Waals surface area contributed by atoms with Crippen LogP contribution >= 0.6 is 0 Å². The summed E-state index contributed by atoms with van der Waals surface area (Å²) in [6, 6.07) is 98.3. The molecular formula is C75H45N9. The van der Waals surface area contributed by atoms with Crippen molar-refractivity contribution in [1.82, 2.24) is 42.4 Å². The Hall–Kier alpha value is -11.6. The third-order valence-electron chi connectivity index (χ3n) is 17.7. The second-order valence-corrected chi connectivity index (χ2v) is 21.9. The average Bonchev–Trinajstić information content (AvgIpc) is 1.79. The summed E-state index contributed by atoms with van der Waals surface area (Å²) in [4.78, 5) is 17.5. The molecule has 9 nitrogen and oxygen atoms in total. The molecule has 0 N–H and O–H groups in total. The summed E-state index contributed by atoms with van der Waals surface area (Å²) < 4.78 is 14.1. The first kappa shape index (κ1) is 45.2. The SMILES string of the molecule is c1ccc(-n2c3ccccc3c3ccc4c(c5ccccc5n4-c4nc(-n5c6ccccc6c6c5ccc5c7ccccc7n(-c7ccccc7)c56)nc(-n5c6ccccc6c6ccc7c8ccccc8n(-c8ccccc8)c7c65)n4)c32)cc1. The van der Waals surface area contributed by atoms with Gasteiger partial charge in [0.25, 0.3) is 0 Å². The van der Waals surface area contributed by atoms with E-state index in [1.165, 1.54) is 26.9 Å². The molecule has 0 atom stereocenters. The molecule has 0 saturated heterocycles. The van der Waals surface area contributed by atoms with Crippen molar-refractivity contribution in [3.8, 4) is 34.9 Å². The number of hydrogen-bond donors (Lipinski definition) is 0. The smallest absolute Gasteiger partial charge is 0.241 e. The van der Waals surface area contributed by atoms with Crippen molar-refractivity contribution in [3.63, 3.8) is 0 Å². The molecule has 19 aromatic rings. The van der Waals surface area contributed by atoms with Crippen molar-refractivity contribution in [2.45, 2.75) is 0 Å². The summed E-state index contributed by atoms with van der Waals surface area (Å²) in [7, 11) is 0. The van der Waals surface area contributed by atoms with Crippen LogP contribution in [0, 0.1) is 0 Å². The van der Waals surface area contributed by atoms with Gasteiger partial charge in [-0.25, -0.2) is 0 Å². The molecular weight excluding hydrogens is 1030 g/mol. The van der Waals surface area contributed by atoms with Gasteiger partial charge in [-0.2, -0.15) is 15.0 Å². The van der Waals surface area contributed by atoms with Gasteiger partial charge in [0.1, 0.15) is 0 Å². The Morgan fingerprint density at radius 1 is 0.167 bits per heavy atom. The fourth-order valence-electron chi connectivity index (χ4n) is 14.3. The van der Waals surface area contributed by atoms with Crippen molar-refractivity contribution in [2.75, 3.05) is 0 Å². The van der Waals surface area contributed by atoms with Crippen LogP contribution in [-0.2, 0) is 0 Å². The van der Waals surface area contributed by atoms with Gasteiger partial charge in [-0.05, 0) is 84.9 Å². The lowest BCUT2D eigenvalue weighted by molar-refractivity contribution is 0.848. The Labute approximate surface area is 478 Å². The highest BCUT2D eigenvalue weighted by atomic mass is 15.3. The summed E-state index contributed by atoms with van der Waals surface area (Å²) >= 11 is 0. The van der Waals surface area contributed by atoms with E-state index >= 15 is 0 Å². The fraction of sp³-hybridized carbons (Fsp3) is 0. The van der Waals surface area contributed by atoms with Crippen molar-refractivity contribution in [1.29, 1.82) is 0 Å². The van der Waals surface area contributed by atoms with Crippen LogP contribution in [0.25, 0.3) is 166 Å². The predicted molar refractivity (Wildman–Crippen MR) is 346 cm³/mol. The number of para-hydroxylation sites is 9. The van der Waals surface area contributed by atoms with E-state index in [0.717, 1.165) is 121 Å². The molecule has 7 aromatic heterocycles. The number of benzene rings is 12. The monoisotopic (exact) mass is 1070 g/mol. The second-order valence-electron chi connectivity index (χ2n) is 21.9. The number of aromatic nitrogens is 9.